The highest BCUT2D eigenvalue weighted by molar-refractivity contribution is 6.21. The zero-order chi connectivity index (χ0) is 34.6. The monoisotopic (exact) mass is 666 g/mol. The van der Waals surface area contributed by atoms with Gasteiger partial charge in [0.2, 0.25) is 0 Å². The van der Waals surface area contributed by atoms with Crippen LogP contribution in [0.5, 0.6) is 0 Å². The van der Waals surface area contributed by atoms with Gasteiger partial charge in [0.15, 0.2) is 0 Å². The van der Waals surface area contributed by atoms with Crippen LogP contribution in [0.4, 0.5) is 4.39 Å². The molecule has 0 aliphatic carbocycles. The molecule has 0 bridgehead atoms. The molecule has 0 spiro atoms. The van der Waals surface area contributed by atoms with E-state index in [1.54, 1.807) is 0 Å². The van der Waals surface area contributed by atoms with E-state index >= 15 is 0 Å². The van der Waals surface area contributed by atoms with E-state index in [4.69, 9.17) is 4.98 Å². The number of nitrogens with zero attached hydrogens (tertiary/aromatic N) is 2. The third-order valence-corrected chi connectivity index (χ3v) is 10.2. The van der Waals surface area contributed by atoms with Crippen LogP contribution in [0.2, 0.25) is 0 Å². The minimum atomic E-state index is -0.303. The Morgan fingerprint density at radius 3 is 1.67 bits per heavy atom. The van der Waals surface area contributed by atoms with Crippen molar-refractivity contribution >= 4 is 43.4 Å². The van der Waals surface area contributed by atoms with Crippen molar-refractivity contribution in [3.05, 3.63) is 194 Å². The summed E-state index contributed by atoms with van der Waals surface area (Å²) in [5, 5.41) is 7.32. The van der Waals surface area contributed by atoms with Gasteiger partial charge in [-0.25, -0.2) is 9.37 Å². The highest BCUT2D eigenvalue weighted by atomic mass is 19.1. The normalized spacial score (nSPS) is 11.6. The topological polar surface area (TPSA) is 17.8 Å². The van der Waals surface area contributed by atoms with Crippen molar-refractivity contribution in [1.82, 2.24) is 9.55 Å². The third-order valence-electron chi connectivity index (χ3n) is 10.2. The van der Waals surface area contributed by atoms with E-state index in [0.29, 0.717) is 5.52 Å². The Morgan fingerprint density at radius 2 is 0.962 bits per heavy atom. The first kappa shape index (κ1) is 30.0. The molecule has 10 rings (SSSR count). The number of fused-ring (bicyclic) bond motifs is 4. The predicted molar refractivity (Wildman–Crippen MR) is 215 cm³/mol. The van der Waals surface area contributed by atoms with Crippen molar-refractivity contribution in [1.29, 1.82) is 0 Å². The second-order valence-corrected chi connectivity index (χ2v) is 13.3. The van der Waals surface area contributed by atoms with Gasteiger partial charge in [-0.05, 0) is 102 Å². The molecule has 0 amide bonds. The fourth-order valence-electron chi connectivity index (χ4n) is 7.85. The van der Waals surface area contributed by atoms with Gasteiger partial charge in [0.1, 0.15) is 11.6 Å². The molecule has 0 atom stereocenters. The number of hydrogen-bond donors (Lipinski definition) is 0. The Hall–Kier alpha value is -6.84. The van der Waals surface area contributed by atoms with Crippen LogP contribution in [-0.2, 0) is 0 Å². The number of aromatic nitrogens is 2. The molecule has 1 aromatic heterocycles. The smallest absolute Gasteiger partial charge is 0.145 e. The molecule has 0 saturated heterocycles. The SMILES string of the molecule is Fc1ccc2c(c1)nc(-c1cccc(-c3ccccc3)c1)n2-c1ccc(-c2c3ccccc3c(-c3ccc4ccccc4c3)c3ccccc23)cc1. The molecule has 0 aliphatic heterocycles. The molecular formula is C49H31FN2. The zero-order valence-electron chi connectivity index (χ0n) is 28.2. The lowest BCUT2D eigenvalue weighted by Crippen LogP contribution is -1.98. The zero-order valence-corrected chi connectivity index (χ0v) is 28.2. The highest BCUT2D eigenvalue weighted by Gasteiger charge is 2.19. The third kappa shape index (κ3) is 4.98. The summed E-state index contributed by atoms with van der Waals surface area (Å²) in [6, 6.07) is 65.1. The first-order valence-corrected chi connectivity index (χ1v) is 17.6. The highest BCUT2D eigenvalue weighted by Crippen LogP contribution is 2.44. The van der Waals surface area contributed by atoms with E-state index in [-0.39, 0.29) is 5.82 Å². The van der Waals surface area contributed by atoms with E-state index in [2.05, 4.69) is 156 Å². The fourth-order valence-corrected chi connectivity index (χ4v) is 7.85. The molecular weight excluding hydrogens is 636 g/mol. The van der Waals surface area contributed by atoms with Crippen LogP contribution >= 0.6 is 0 Å². The molecule has 52 heavy (non-hydrogen) atoms. The van der Waals surface area contributed by atoms with Gasteiger partial charge in [0.25, 0.3) is 0 Å². The Kier molecular flexibility index (Phi) is 7.04. The summed E-state index contributed by atoms with van der Waals surface area (Å²) in [4.78, 5) is 5.00. The number of hydrogen-bond acceptors (Lipinski definition) is 1. The van der Waals surface area contributed by atoms with E-state index in [1.807, 2.05) is 24.3 Å². The van der Waals surface area contributed by atoms with Crippen LogP contribution in [0.3, 0.4) is 0 Å². The number of rotatable bonds is 5. The average molecular weight is 667 g/mol. The van der Waals surface area contributed by atoms with Gasteiger partial charge in [-0.1, -0.05) is 146 Å². The molecule has 3 heteroatoms. The van der Waals surface area contributed by atoms with E-state index < -0.39 is 0 Å². The van der Waals surface area contributed by atoms with Gasteiger partial charge in [0.05, 0.1) is 11.0 Å². The van der Waals surface area contributed by atoms with E-state index in [9.17, 15) is 4.39 Å². The maximum atomic E-state index is 14.5. The minimum Gasteiger partial charge on any atom is -0.292 e. The Balaban J connectivity index is 1.15. The molecule has 0 aliphatic rings. The molecule has 0 unspecified atom stereocenters. The molecule has 9 aromatic carbocycles. The first-order chi connectivity index (χ1) is 25.7. The largest absolute Gasteiger partial charge is 0.292 e. The van der Waals surface area contributed by atoms with Crippen molar-refractivity contribution in [3.8, 4) is 50.5 Å². The maximum Gasteiger partial charge on any atom is 0.145 e. The van der Waals surface area contributed by atoms with Crippen LogP contribution in [-0.4, -0.2) is 9.55 Å². The van der Waals surface area contributed by atoms with Crippen molar-refractivity contribution in [2.24, 2.45) is 0 Å². The Bertz CT molecular complexity index is 2900. The van der Waals surface area contributed by atoms with Crippen LogP contribution in [0, 0.1) is 5.82 Å². The molecule has 0 fully saturated rings. The van der Waals surface area contributed by atoms with Crippen LogP contribution in [0.25, 0.3) is 93.8 Å². The van der Waals surface area contributed by atoms with Gasteiger partial charge >= 0.3 is 0 Å². The lowest BCUT2D eigenvalue weighted by atomic mass is 9.85. The summed E-state index contributed by atoms with van der Waals surface area (Å²) in [5.74, 6) is 0.463. The first-order valence-electron chi connectivity index (χ1n) is 17.6. The minimum absolute atomic E-state index is 0.303. The lowest BCUT2D eigenvalue weighted by molar-refractivity contribution is 0.629. The predicted octanol–water partition coefficient (Wildman–Crippen LogP) is 13.3. The average Bonchev–Trinajstić information content (AvgIpc) is 3.59. The standard InChI is InChI=1S/C49H31FN2/c50-39-25-28-46-45(31-39)51-49(38-16-10-15-36(30-38)32-11-2-1-3-12-32)52(46)40-26-23-34(24-27-40)47-41-17-6-8-19-43(41)48(44-20-9-7-18-42(44)47)37-22-21-33-13-4-5-14-35(33)29-37/h1-31H. The van der Waals surface area contributed by atoms with Gasteiger partial charge in [-0.15, -0.1) is 0 Å². The van der Waals surface area contributed by atoms with Gasteiger partial charge in [0, 0.05) is 17.3 Å². The summed E-state index contributed by atoms with van der Waals surface area (Å²) in [5.41, 5.74) is 10.4. The summed E-state index contributed by atoms with van der Waals surface area (Å²) >= 11 is 0. The molecule has 0 saturated carbocycles. The maximum absolute atomic E-state index is 14.5. The molecule has 1 heterocycles. The van der Waals surface area contributed by atoms with Crippen molar-refractivity contribution < 1.29 is 4.39 Å². The summed E-state index contributed by atoms with van der Waals surface area (Å²) in [6.07, 6.45) is 0. The summed E-state index contributed by atoms with van der Waals surface area (Å²) < 4.78 is 16.7. The summed E-state index contributed by atoms with van der Waals surface area (Å²) in [7, 11) is 0. The number of imidazole rings is 1. The number of halogens is 1. The van der Waals surface area contributed by atoms with Crippen molar-refractivity contribution in [2.45, 2.75) is 0 Å². The van der Waals surface area contributed by atoms with E-state index in [1.165, 1.54) is 61.1 Å². The second-order valence-electron chi connectivity index (χ2n) is 13.3. The van der Waals surface area contributed by atoms with Gasteiger partial charge in [-0.3, -0.25) is 4.57 Å². The van der Waals surface area contributed by atoms with E-state index in [0.717, 1.165) is 39.3 Å². The summed E-state index contributed by atoms with van der Waals surface area (Å²) in [6.45, 7) is 0. The molecule has 244 valence electrons. The van der Waals surface area contributed by atoms with Crippen LogP contribution in [0.1, 0.15) is 0 Å². The van der Waals surface area contributed by atoms with Crippen molar-refractivity contribution in [2.75, 3.05) is 0 Å². The lowest BCUT2D eigenvalue weighted by Gasteiger charge is -2.18. The molecule has 10 aromatic rings. The molecule has 0 radical (unpaired) electrons. The second kappa shape index (κ2) is 12.2. The number of benzene rings is 9. The molecule has 0 N–H and O–H groups in total. The molecule has 2 nitrogen and oxygen atoms in total. The van der Waals surface area contributed by atoms with Gasteiger partial charge < -0.3 is 0 Å². The Labute approximate surface area is 300 Å². The van der Waals surface area contributed by atoms with Crippen LogP contribution < -0.4 is 0 Å². The fraction of sp³-hybridized carbons (Fsp3) is 0. The van der Waals surface area contributed by atoms with Crippen LogP contribution in [0.15, 0.2) is 188 Å². The van der Waals surface area contributed by atoms with Gasteiger partial charge in [-0.2, -0.15) is 0 Å². The quantitative estimate of drug-likeness (QED) is 0.167. The Morgan fingerprint density at radius 1 is 0.385 bits per heavy atom. The van der Waals surface area contributed by atoms with Crippen molar-refractivity contribution in [3.63, 3.8) is 0 Å².